The maximum atomic E-state index is 12.5. The first-order valence-corrected chi connectivity index (χ1v) is 6.95. The van der Waals surface area contributed by atoms with E-state index in [2.05, 4.69) is 5.10 Å². The fourth-order valence-electron chi connectivity index (χ4n) is 2.88. The van der Waals surface area contributed by atoms with Gasteiger partial charge in [0.05, 0.1) is 24.1 Å². The first kappa shape index (κ1) is 14.6. The molecule has 1 aromatic heterocycles. The van der Waals surface area contributed by atoms with Crippen LogP contribution in [0.5, 0.6) is 0 Å². The highest BCUT2D eigenvalue weighted by Crippen LogP contribution is 2.31. The maximum Gasteiger partial charge on any atom is 0.307 e. The van der Waals surface area contributed by atoms with E-state index in [9.17, 15) is 14.7 Å². The number of amides is 1. The fourth-order valence-corrected chi connectivity index (χ4v) is 2.88. The second kappa shape index (κ2) is 6.07. The Hall–Kier alpha value is -1.85. The summed E-state index contributed by atoms with van der Waals surface area (Å²) in [6.45, 7) is 0.457. The lowest BCUT2D eigenvalue weighted by Gasteiger charge is -2.31. The molecule has 0 bridgehead atoms. The quantitative estimate of drug-likeness (QED) is 0.900. The Morgan fingerprint density at radius 1 is 1.40 bits per heavy atom. The third-order valence-corrected chi connectivity index (χ3v) is 4.10. The van der Waals surface area contributed by atoms with E-state index in [-0.39, 0.29) is 11.8 Å². The fraction of sp³-hybridized carbons (Fsp3) is 0.643. The minimum Gasteiger partial charge on any atom is -0.481 e. The van der Waals surface area contributed by atoms with Crippen molar-refractivity contribution in [1.82, 2.24) is 14.7 Å². The molecule has 1 aromatic rings. The van der Waals surface area contributed by atoms with Crippen LogP contribution < -0.4 is 0 Å². The SMILES string of the molecule is CN(Cc1ccnn1C)C(=O)[C@H]1CCCC[C@H]1C(=O)O. The average molecular weight is 279 g/mol. The van der Waals surface area contributed by atoms with E-state index in [1.54, 1.807) is 22.8 Å². The van der Waals surface area contributed by atoms with Crippen molar-refractivity contribution in [3.8, 4) is 0 Å². The molecule has 0 spiro atoms. The number of aliphatic carboxylic acids is 1. The summed E-state index contributed by atoms with van der Waals surface area (Å²) in [4.78, 5) is 25.4. The number of carboxylic acid groups (broad SMARTS) is 1. The van der Waals surface area contributed by atoms with Gasteiger partial charge in [-0.05, 0) is 18.9 Å². The minimum absolute atomic E-state index is 0.0710. The highest BCUT2D eigenvalue weighted by atomic mass is 16.4. The molecule has 1 N–H and O–H groups in total. The first-order valence-electron chi connectivity index (χ1n) is 6.95. The summed E-state index contributed by atoms with van der Waals surface area (Å²) >= 11 is 0. The number of hydrogen-bond acceptors (Lipinski definition) is 3. The number of carbonyl (C=O) groups excluding carboxylic acids is 1. The molecule has 1 saturated carbocycles. The predicted octanol–water partition coefficient (Wildman–Crippen LogP) is 1.27. The van der Waals surface area contributed by atoms with Crippen LogP contribution in [0, 0.1) is 11.8 Å². The number of aryl methyl sites for hydroxylation is 1. The van der Waals surface area contributed by atoms with Gasteiger partial charge in [0.2, 0.25) is 5.91 Å². The van der Waals surface area contributed by atoms with Gasteiger partial charge >= 0.3 is 5.97 Å². The molecule has 1 fully saturated rings. The summed E-state index contributed by atoms with van der Waals surface area (Å²) in [6, 6.07) is 1.86. The van der Waals surface area contributed by atoms with Crippen molar-refractivity contribution >= 4 is 11.9 Å². The molecule has 0 saturated heterocycles. The Morgan fingerprint density at radius 3 is 2.60 bits per heavy atom. The van der Waals surface area contributed by atoms with Gasteiger partial charge in [-0.25, -0.2) is 0 Å². The lowest BCUT2D eigenvalue weighted by atomic mass is 9.78. The molecule has 0 radical (unpaired) electrons. The lowest BCUT2D eigenvalue weighted by Crippen LogP contribution is -2.40. The second-order valence-electron chi connectivity index (χ2n) is 5.48. The van der Waals surface area contributed by atoms with Crippen LogP contribution in [-0.4, -0.2) is 38.7 Å². The minimum atomic E-state index is -0.850. The second-order valence-corrected chi connectivity index (χ2v) is 5.48. The van der Waals surface area contributed by atoms with E-state index in [0.717, 1.165) is 18.5 Å². The Labute approximate surface area is 118 Å². The number of nitrogens with zero attached hydrogens (tertiary/aromatic N) is 3. The van der Waals surface area contributed by atoms with Crippen molar-refractivity contribution in [2.45, 2.75) is 32.2 Å². The summed E-state index contributed by atoms with van der Waals surface area (Å²) in [7, 11) is 3.55. The molecular formula is C14H21N3O3. The van der Waals surface area contributed by atoms with E-state index in [4.69, 9.17) is 0 Å². The molecule has 0 unspecified atom stereocenters. The molecular weight excluding hydrogens is 258 g/mol. The molecule has 2 atom stereocenters. The lowest BCUT2D eigenvalue weighted by molar-refractivity contribution is -0.152. The highest BCUT2D eigenvalue weighted by molar-refractivity contribution is 5.84. The van der Waals surface area contributed by atoms with Crippen LogP contribution in [0.3, 0.4) is 0 Å². The number of carbonyl (C=O) groups is 2. The molecule has 2 rings (SSSR count). The summed E-state index contributed by atoms with van der Waals surface area (Å²) < 4.78 is 1.72. The third kappa shape index (κ3) is 3.00. The van der Waals surface area contributed by atoms with E-state index >= 15 is 0 Å². The van der Waals surface area contributed by atoms with Crippen LogP contribution in [0.25, 0.3) is 0 Å². The number of carboxylic acids is 1. The molecule has 1 aliphatic carbocycles. The van der Waals surface area contributed by atoms with Gasteiger partial charge in [0.25, 0.3) is 0 Å². The van der Waals surface area contributed by atoms with Crippen molar-refractivity contribution in [1.29, 1.82) is 0 Å². The molecule has 20 heavy (non-hydrogen) atoms. The van der Waals surface area contributed by atoms with Crippen LogP contribution in [0.15, 0.2) is 12.3 Å². The van der Waals surface area contributed by atoms with Crippen molar-refractivity contribution < 1.29 is 14.7 Å². The van der Waals surface area contributed by atoms with Gasteiger partial charge in [0, 0.05) is 20.3 Å². The molecule has 110 valence electrons. The maximum absolute atomic E-state index is 12.5. The zero-order chi connectivity index (χ0) is 14.7. The van der Waals surface area contributed by atoms with E-state index in [1.165, 1.54) is 0 Å². The van der Waals surface area contributed by atoms with E-state index < -0.39 is 11.9 Å². The average Bonchev–Trinajstić information content (AvgIpc) is 2.83. The molecule has 1 aliphatic rings. The van der Waals surface area contributed by atoms with Gasteiger partial charge in [0.15, 0.2) is 0 Å². The molecule has 6 heteroatoms. The van der Waals surface area contributed by atoms with Gasteiger partial charge in [-0.1, -0.05) is 12.8 Å². The molecule has 0 aromatic carbocycles. The highest BCUT2D eigenvalue weighted by Gasteiger charge is 2.37. The van der Waals surface area contributed by atoms with Crippen molar-refractivity contribution in [2.24, 2.45) is 18.9 Å². The Balaban J connectivity index is 2.05. The third-order valence-electron chi connectivity index (χ3n) is 4.10. The normalized spacial score (nSPS) is 22.5. The monoisotopic (exact) mass is 279 g/mol. The first-order chi connectivity index (χ1) is 9.50. The van der Waals surface area contributed by atoms with Gasteiger partial charge in [-0.3, -0.25) is 14.3 Å². The zero-order valence-electron chi connectivity index (χ0n) is 12.0. The van der Waals surface area contributed by atoms with Gasteiger partial charge < -0.3 is 10.0 Å². The van der Waals surface area contributed by atoms with Crippen molar-refractivity contribution in [3.05, 3.63) is 18.0 Å². The zero-order valence-corrected chi connectivity index (χ0v) is 12.0. The van der Waals surface area contributed by atoms with Crippen LogP contribution in [0.1, 0.15) is 31.4 Å². The number of hydrogen-bond donors (Lipinski definition) is 1. The van der Waals surface area contributed by atoms with Crippen LogP contribution in [0.2, 0.25) is 0 Å². The van der Waals surface area contributed by atoms with E-state index in [0.29, 0.717) is 19.4 Å². The smallest absolute Gasteiger partial charge is 0.307 e. The van der Waals surface area contributed by atoms with Crippen molar-refractivity contribution in [2.75, 3.05) is 7.05 Å². The number of rotatable bonds is 4. The predicted molar refractivity (Wildman–Crippen MR) is 72.8 cm³/mol. The largest absolute Gasteiger partial charge is 0.481 e. The van der Waals surface area contributed by atoms with Gasteiger partial charge in [0.1, 0.15) is 0 Å². The van der Waals surface area contributed by atoms with Crippen molar-refractivity contribution in [3.63, 3.8) is 0 Å². The molecule has 1 amide bonds. The molecule has 6 nitrogen and oxygen atoms in total. The Bertz CT molecular complexity index is 498. The van der Waals surface area contributed by atoms with Crippen LogP contribution in [-0.2, 0) is 23.2 Å². The number of aromatic nitrogens is 2. The Morgan fingerprint density at radius 2 is 2.05 bits per heavy atom. The van der Waals surface area contributed by atoms with Crippen LogP contribution in [0.4, 0.5) is 0 Å². The van der Waals surface area contributed by atoms with E-state index in [1.807, 2.05) is 13.1 Å². The summed E-state index contributed by atoms with van der Waals surface area (Å²) in [5.74, 6) is -1.85. The summed E-state index contributed by atoms with van der Waals surface area (Å²) in [6.07, 6.45) is 4.79. The summed E-state index contributed by atoms with van der Waals surface area (Å²) in [5.41, 5.74) is 0.934. The standard InChI is InChI=1S/C14H21N3O3/c1-16(9-10-7-8-15-17(10)2)13(18)11-5-3-4-6-12(11)14(19)20/h7-8,11-12H,3-6,9H2,1-2H3,(H,19,20)/t11-,12+/m0/s1. The Kier molecular flexibility index (Phi) is 4.42. The van der Waals surface area contributed by atoms with Gasteiger partial charge in [-0.2, -0.15) is 5.10 Å². The topological polar surface area (TPSA) is 75.4 Å². The molecule has 1 heterocycles. The summed E-state index contributed by atoms with van der Waals surface area (Å²) in [5, 5.41) is 13.3. The van der Waals surface area contributed by atoms with Crippen LogP contribution >= 0.6 is 0 Å². The molecule has 0 aliphatic heterocycles. The van der Waals surface area contributed by atoms with Gasteiger partial charge in [-0.15, -0.1) is 0 Å².